The predicted molar refractivity (Wildman–Crippen MR) is 81.8 cm³/mol. The van der Waals surface area contributed by atoms with Gasteiger partial charge in [-0.3, -0.25) is 4.79 Å². The van der Waals surface area contributed by atoms with E-state index in [0.29, 0.717) is 19.8 Å². The van der Waals surface area contributed by atoms with Gasteiger partial charge in [-0.05, 0) is 19.1 Å². The van der Waals surface area contributed by atoms with Crippen LogP contribution in [0.3, 0.4) is 0 Å². The molecule has 1 aromatic rings. The third-order valence-corrected chi connectivity index (χ3v) is 4.35. The highest BCUT2D eigenvalue weighted by molar-refractivity contribution is 7.91. The molecular weight excluding hydrogens is 290 g/mol. The Morgan fingerprint density at radius 2 is 1.95 bits per heavy atom. The summed E-state index contributed by atoms with van der Waals surface area (Å²) in [4.78, 5) is 11.8. The van der Waals surface area contributed by atoms with Crippen LogP contribution in [-0.4, -0.2) is 39.8 Å². The second-order valence-electron chi connectivity index (χ2n) is 4.74. The summed E-state index contributed by atoms with van der Waals surface area (Å²) in [6.45, 7) is 6.74. The largest absolute Gasteiger partial charge is 0.375 e. The minimum Gasteiger partial charge on any atom is -0.375 e. The van der Waals surface area contributed by atoms with E-state index in [4.69, 9.17) is 4.74 Å². The Kier molecular flexibility index (Phi) is 7.11. The summed E-state index contributed by atoms with van der Waals surface area (Å²) in [7, 11) is -3.41. The Balaban J connectivity index is 2.28. The summed E-state index contributed by atoms with van der Waals surface area (Å²) in [5.74, 6) is -0.497. The first kappa shape index (κ1) is 17.4. The molecule has 0 aromatic heterocycles. The van der Waals surface area contributed by atoms with Crippen molar-refractivity contribution in [3.05, 3.63) is 42.5 Å². The van der Waals surface area contributed by atoms with Gasteiger partial charge in [0.2, 0.25) is 5.91 Å². The molecule has 1 amide bonds. The third-order valence-electron chi connectivity index (χ3n) is 2.62. The summed E-state index contributed by atoms with van der Waals surface area (Å²) < 4.78 is 29.2. The van der Waals surface area contributed by atoms with Gasteiger partial charge in [0.15, 0.2) is 9.84 Å². The van der Waals surface area contributed by atoms with Gasteiger partial charge in [0.25, 0.3) is 0 Å². The highest BCUT2D eigenvalue weighted by Crippen LogP contribution is 2.10. The van der Waals surface area contributed by atoms with Crippen LogP contribution in [0.1, 0.15) is 13.3 Å². The number of hydrogen-bond acceptors (Lipinski definition) is 4. The molecule has 0 unspecified atom stereocenters. The van der Waals surface area contributed by atoms with E-state index in [1.165, 1.54) is 12.1 Å². The molecule has 1 rings (SSSR count). The van der Waals surface area contributed by atoms with E-state index in [2.05, 4.69) is 11.9 Å². The molecule has 116 valence electrons. The Labute approximate surface area is 125 Å². The quantitative estimate of drug-likeness (QED) is 0.555. The van der Waals surface area contributed by atoms with E-state index in [1.54, 1.807) is 18.2 Å². The average Bonchev–Trinajstić information content (AvgIpc) is 2.45. The molecule has 5 nitrogen and oxygen atoms in total. The van der Waals surface area contributed by atoms with Gasteiger partial charge < -0.3 is 10.1 Å². The van der Waals surface area contributed by atoms with Crippen molar-refractivity contribution in [3.63, 3.8) is 0 Å². The van der Waals surface area contributed by atoms with Crippen molar-refractivity contribution in [3.8, 4) is 0 Å². The highest BCUT2D eigenvalue weighted by atomic mass is 32.2. The number of benzene rings is 1. The van der Waals surface area contributed by atoms with Crippen LogP contribution in [0.2, 0.25) is 0 Å². The lowest BCUT2D eigenvalue weighted by molar-refractivity contribution is -0.120. The van der Waals surface area contributed by atoms with Crippen molar-refractivity contribution in [1.82, 2.24) is 5.32 Å². The second kappa shape index (κ2) is 8.59. The topological polar surface area (TPSA) is 72.5 Å². The lowest BCUT2D eigenvalue weighted by Gasteiger charge is -2.07. The number of carbonyl (C=O) groups is 1. The van der Waals surface area contributed by atoms with Crippen LogP contribution < -0.4 is 5.32 Å². The lowest BCUT2D eigenvalue weighted by atomic mass is 10.4. The maximum Gasteiger partial charge on any atom is 0.221 e. The van der Waals surface area contributed by atoms with E-state index >= 15 is 0 Å². The molecule has 0 fully saturated rings. The van der Waals surface area contributed by atoms with Gasteiger partial charge in [0.1, 0.15) is 0 Å². The Morgan fingerprint density at radius 3 is 2.57 bits per heavy atom. The van der Waals surface area contributed by atoms with Crippen LogP contribution in [0.25, 0.3) is 0 Å². The molecule has 0 aliphatic heterocycles. The van der Waals surface area contributed by atoms with E-state index in [-0.39, 0.29) is 23.0 Å². The molecule has 1 aromatic carbocycles. The van der Waals surface area contributed by atoms with Crippen molar-refractivity contribution < 1.29 is 17.9 Å². The fourth-order valence-electron chi connectivity index (χ4n) is 1.57. The molecule has 0 spiro atoms. The van der Waals surface area contributed by atoms with Gasteiger partial charge in [-0.15, -0.1) is 0 Å². The van der Waals surface area contributed by atoms with Crippen LogP contribution >= 0.6 is 0 Å². The maximum absolute atomic E-state index is 12.0. The van der Waals surface area contributed by atoms with Crippen LogP contribution in [0, 0.1) is 0 Å². The number of ether oxygens (including phenoxy) is 1. The third kappa shape index (κ3) is 7.06. The molecule has 1 N–H and O–H groups in total. The molecule has 0 aliphatic rings. The molecule has 0 saturated heterocycles. The summed E-state index contributed by atoms with van der Waals surface area (Å²) in [6, 6.07) is 8.12. The molecule has 0 aliphatic carbocycles. The Hall–Kier alpha value is -1.66. The summed E-state index contributed by atoms with van der Waals surface area (Å²) in [5, 5.41) is 2.62. The smallest absolute Gasteiger partial charge is 0.221 e. The van der Waals surface area contributed by atoms with Crippen LogP contribution in [0.5, 0.6) is 0 Å². The number of sulfone groups is 1. The zero-order valence-corrected chi connectivity index (χ0v) is 13.0. The van der Waals surface area contributed by atoms with Gasteiger partial charge in [-0.1, -0.05) is 30.4 Å². The first-order valence-electron chi connectivity index (χ1n) is 6.68. The fraction of sp³-hybridized carbons (Fsp3) is 0.400. The first-order valence-corrected chi connectivity index (χ1v) is 8.33. The fourth-order valence-corrected chi connectivity index (χ4v) is 2.83. The predicted octanol–water partition coefficient (Wildman–Crippen LogP) is 1.56. The minimum absolute atomic E-state index is 0.0578. The molecule has 0 heterocycles. The summed E-state index contributed by atoms with van der Waals surface area (Å²) in [5.41, 5.74) is 0.912. The van der Waals surface area contributed by atoms with Crippen molar-refractivity contribution in [2.45, 2.75) is 18.2 Å². The van der Waals surface area contributed by atoms with Gasteiger partial charge in [0, 0.05) is 13.0 Å². The SMILES string of the molecule is C=C(C)COCCNC(=O)CCS(=O)(=O)c1ccccc1. The van der Waals surface area contributed by atoms with Gasteiger partial charge in [-0.2, -0.15) is 0 Å². The standard InChI is InChI=1S/C15H21NO4S/c1-13(2)12-20-10-9-16-15(17)8-11-21(18,19)14-6-4-3-5-7-14/h3-7H,1,8-12H2,2H3,(H,16,17). The molecule has 0 atom stereocenters. The van der Waals surface area contributed by atoms with Crippen molar-refractivity contribution in [2.75, 3.05) is 25.5 Å². The van der Waals surface area contributed by atoms with E-state index < -0.39 is 9.84 Å². The van der Waals surface area contributed by atoms with Crippen molar-refractivity contribution in [2.24, 2.45) is 0 Å². The molecule has 6 heteroatoms. The summed E-state index contributed by atoms with van der Waals surface area (Å²) in [6.07, 6.45) is -0.0578. The van der Waals surface area contributed by atoms with E-state index in [0.717, 1.165) is 5.57 Å². The van der Waals surface area contributed by atoms with Gasteiger partial charge in [0.05, 0.1) is 23.9 Å². The number of rotatable bonds is 9. The number of nitrogens with one attached hydrogen (secondary N) is 1. The Morgan fingerprint density at radius 1 is 1.29 bits per heavy atom. The molecule has 21 heavy (non-hydrogen) atoms. The second-order valence-corrected chi connectivity index (χ2v) is 6.85. The van der Waals surface area contributed by atoms with Crippen molar-refractivity contribution >= 4 is 15.7 Å². The van der Waals surface area contributed by atoms with Gasteiger partial charge >= 0.3 is 0 Å². The zero-order valence-electron chi connectivity index (χ0n) is 12.2. The molecule has 0 radical (unpaired) electrons. The highest BCUT2D eigenvalue weighted by Gasteiger charge is 2.15. The lowest BCUT2D eigenvalue weighted by Crippen LogP contribution is -2.29. The number of amides is 1. The average molecular weight is 311 g/mol. The van der Waals surface area contributed by atoms with Crippen LogP contribution in [0.15, 0.2) is 47.4 Å². The monoisotopic (exact) mass is 311 g/mol. The maximum atomic E-state index is 12.0. The molecule has 0 saturated carbocycles. The van der Waals surface area contributed by atoms with Crippen molar-refractivity contribution in [1.29, 1.82) is 0 Å². The summed E-state index contributed by atoms with van der Waals surface area (Å²) >= 11 is 0. The normalized spacial score (nSPS) is 11.1. The van der Waals surface area contributed by atoms with E-state index in [1.807, 2.05) is 6.92 Å². The zero-order chi connectivity index (χ0) is 15.7. The molecular formula is C15H21NO4S. The van der Waals surface area contributed by atoms with Crippen LogP contribution in [-0.2, 0) is 19.4 Å². The number of hydrogen-bond donors (Lipinski definition) is 1. The Bertz CT molecular complexity index is 567. The van der Waals surface area contributed by atoms with E-state index in [9.17, 15) is 13.2 Å². The van der Waals surface area contributed by atoms with Crippen LogP contribution in [0.4, 0.5) is 0 Å². The minimum atomic E-state index is -3.41. The van der Waals surface area contributed by atoms with Gasteiger partial charge in [-0.25, -0.2) is 8.42 Å². The number of carbonyl (C=O) groups excluding carboxylic acids is 1. The first-order chi connectivity index (χ1) is 9.92. The molecule has 0 bridgehead atoms.